The molecule has 0 saturated carbocycles. The number of aromatic nitrogens is 3. The molecule has 0 saturated heterocycles. The summed E-state index contributed by atoms with van der Waals surface area (Å²) in [5, 5.41) is 11.7. The predicted molar refractivity (Wildman–Crippen MR) is 65.0 cm³/mol. The van der Waals surface area contributed by atoms with Crippen molar-refractivity contribution in [1.82, 2.24) is 14.6 Å². The molecule has 112 valence electrons. The number of hydrogen-bond donors (Lipinski definition) is 1. The Morgan fingerprint density at radius 1 is 1.38 bits per heavy atom. The first-order valence-electron chi connectivity index (χ1n) is 5.34. The maximum absolute atomic E-state index is 13.0. The Labute approximate surface area is 116 Å². The van der Waals surface area contributed by atoms with Crippen molar-refractivity contribution in [3.05, 3.63) is 16.8 Å². The summed E-state index contributed by atoms with van der Waals surface area (Å²) < 4.78 is 62.8. The van der Waals surface area contributed by atoms with E-state index in [9.17, 15) is 21.6 Å². The molecule has 0 aliphatic carbocycles. The van der Waals surface area contributed by atoms with Crippen molar-refractivity contribution in [3.8, 4) is 6.07 Å². The van der Waals surface area contributed by atoms with Gasteiger partial charge in [0, 0.05) is 6.26 Å². The highest BCUT2D eigenvalue weighted by Gasteiger charge is 2.39. The number of aryl methyl sites for hydroxylation is 1. The Morgan fingerprint density at radius 2 is 1.95 bits per heavy atom. The van der Waals surface area contributed by atoms with Crippen LogP contribution in [0.1, 0.15) is 16.8 Å². The smallest absolute Gasteiger partial charge is 0.382 e. The van der Waals surface area contributed by atoms with E-state index in [2.05, 4.69) is 10.1 Å². The van der Waals surface area contributed by atoms with Crippen molar-refractivity contribution in [3.63, 3.8) is 0 Å². The van der Waals surface area contributed by atoms with Gasteiger partial charge in [0.2, 0.25) is 0 Å². The number of nitrogens with zero attached hydrogens (tertiary/aromatic N) is 4. The standard InChI is InChI=1S/C10H8F3N5O2S/c1-4-6(10(11,12)13)8-16-9(21(2,19)20)5(3-14)7(15)18(8)17-4/h15H2,1-2H3. The van der Waals surface area contributed by atoms with Gasteiger partial charge in [-0.2, -0.15) is 28.0 Å². The number of nitrogens with two attached hydrogens (primary N) is 1. The summed E-state index contributed by atoms with van der Waals surface area (Å²) in [4.78, 5) is 3.46. The Morgan fingerprint density at radius 3 is 2.38 bits per heavy atom. The topological polar surface area (TPSA) is 114 Å². The van der Waals surface area contributed by atoms with E-state index in [4.69, 9.17) is 11.0 Å². The zero-order chi connectivity index (χ0) is 16.2. The highest BCUT2D eigenvalue weighted by Crippen LogP contribution is 2.36. The highest BCUT2D eigenvalue weighted by atomic mass is 32.2. The third-order valence-electron chi connectivity index (χ3n) is 2.69. The van der Waals surface area contributed by atoms with Crippen LogP contribution < -0.4 is 5.73 Å². The molecule has 2 aromatic rings. The molecule has 2 N–H and O–H groups in total. The molecule has 2 aromatic heterocycles. The lowest BCUT2D eigenvalue weighted by Crippen LogP contribution is -2.13. The van der Waals surface area contributed by atoms with Gasteiger partial charge in [-0.1, -0.05) is 0 Å². The molecule has 2 heterocycles. The summed E-state index contributed by atoms with van der Waals surface area (Å²) in [5.41, 5.74) is 2.65. The maximum Gasteiger partial charge on any atom is 0.421 e. The lowest BCUT2D eigenvalue weighted by atomic mass is 10.2. The molecule has 0 aromatic carbocycles. The van der Waals surface area contributed by atoms with E-state index in [0.29, 0.717) is 4.52 Å². The number of sulfone groups is 1. The lowest BCUT2D eigenvalue weighted by molar-refractivity contribution is -0.136. The molecule has 21 heavy (non-hydrogen) atoms. The predicted octanol–water partition coefficient (Wildman–Crippen LogP) is 0.914. The van der Waals surface area contributed by atoms with Crippen molar-refractivity contribution in [2.75, 3.05) is 12.0 Å². The van der Waals surface area contributed by atoms with Crippen molar-refractivity contribution >= 4 is 21.3 Å². The monoisotopic (exact) mass is 319 g/mol. The van der Waals surface area contributed by atoms with Crippen molar-refractivity contribution < 1.29 is 21.6 Å². The second kappa shape index (κ2) is 4.32. The third-order valence-corrected chi connectivity index (χ3v) is 3.69. The molecule has 7 nitrogen and oxygen atoms in total. The number of hydrogen-bond acceptors (Lipinski definition) is 6. The molecular weight excluding hydrogens is 311 g/mol. The Bertz CT molecular complexity index is 892. The molecular formula is C10H8F3N5O2S. The van der Waals surface area contributed by atoms with Crippen LogP contribution in [0.2, 0.25) is 0 Å². The first-order valence-corrected chi connectivity index (χ1v) is 7.23. The fraction of sp³-hybridized carbons (Fsp3) is 0.300. The molecule has 0 bridgehead atoms. The molecule has 11 heteroatoms. The molecule has 0 spiro atoms. The third kappa shape index (κ3) is 2.27. The summed E-state index contributed by atoms with van der Waals surface area (Å²) in [7, 11) is -4.03. The van der Waals surface area contributed by atoms with Crippen LogP contribution >= 0.6 is 0 Å². The first-order chi connectivity index (χ1) is 9.48. The van der Waals surface area contributed by atoms with E-state index in [0.717, 1.165) is 13.2 Å². The van der Waals surface area contributed by atoms with Gasteiger partial charge in [-0.25, -0.2) is 13.4 Å². The number of rotatable bonds is 1. The number of halogens is 3. The molecule has 0 atom stereocenters. The lowest BCUT2D eigenvalue weighted by Gasteiger charge is -2.08. The summed E-state index contributed by atoms with van der Waals surface area (Å²) in [6.07, 6.45) is -4.06. The quantitative estimate of drug-likeness (QED) is 0.782. The van der Waals surface area contributed by atoms with Crippen LogP contribution in [0.15, 0.2) is 5.03 Å². The number of nitriles is 1. The number of anilines is 1. The second-order valence-electron chi connectivity index (χ2n) is 4.25. The van der Waals surface area contributed by atoms with Crippen LogP contribution in [-0.2, 0) is 16.0 Å². The largest absolute Gasteiger partial charge is 0.421 e. The van der Waals surface area contributed by atoms with Gasteiger partial charge >= 0.3 is 6.18 Å². The minimum Gasteiger partial charge on any atom is -0.382 e. The maximum atomic E-state index is 13.0. The van der Waals surface area contributed by atoms with Crippen molar-refractivity contribution in [1.29, 1.82) is 5.26 Å². The van der Waals surface area contributed by atoms with Gasteiger partial charge in [-0.05, 0) is 6.92 Å². The van der Waals surface area contributed by atoms with Gasteiger partial charge in [0.05, 0.1) is 5.69 Å². The Hall–Kier alpha value is -2.35. The minimum atomic E-state index is -4.78. The molecule has 0 unspecified atom stereocenters. The summed E-state index contributed by atoms with van der Waals surface area (Å²) >= 11 is 0. The zero-order valence-corrected chi connectivity index (χ0v) is 11.5. The van der Waals surface area contributed by atoms with Crippen LogP contribution in [0.25, 0.3) is 5.65 Å². The van der Waals surface area contributed by atoms with E-state index >= 15 is 0 Å². The van der Waals surface area contributed by atoms with E-state index in [-0.39, 0.29) is 0 Å². The van der Waals surface area contributed by atoms with Gasteiger partial charge in [0.25, 0.3) is 0 Å². The van der Waals surface area contributed by atoms with Crippen LogP contribution in [0.3, 0.4) is 0 Å². The van der Waals surface area contributed by atoms with Gasteiger partial charge in [0.1, 0.15) is 23.0 Å². The normalized spacial score (nSPS) is 12.6. The van der Waals surface area contributed by atoms with Crippen LogP contribution in [0.5, 0.6) is 0 Å². The molecule has 0 amide bonds. The highest BCUT2D eigenvalue weighted by molar-refractivity contribution is 7.90. The Kier molecular flexibility index (Phi) is 3.10. The summed E-state index contributed by atoms with van der Waals surface area (Å²) in [6.45, 7) is 1.09. The van der Waals surface area contributed by atoms with Crippen molar-refractivity contribution in [2.45, 2.75) is 18.1 Å². The molecule has 0 aliphatic heterocycles. The van der Waals surface area contributed by atoms with Crippen LogP contribution in [-0.4, -0.2) is 29.3 Å². The molecule has 0 aliphatic rings. The number of alkyl halides is 3. The van der Waals surface area contributed by atoms with Gasteiger partial charge in [-0.3, -0.25) is 0 Å². The van der Waals surface area contributed by atoms with Gasteiger partial charge in [-0.15, -0.1) is 0 Å². The SMILES string of the molecule is Cc1nn2c(N)c(C#N)c(S(C)(=O)=O)nc2c1C(F)(F)F. The summed E-state index contributed by atoms with van der Waals surface area (Å²) in [5.74, 6) is -0.512. The van der Waals surface area contributed by atoms with Crippen molar-refractivity contribution in [2.24, 2.45) is 0 Å². The van der Waals surface area contributed by atoms with E-state index in [1.807, 2.05) is 0 Å². The van der Waals surface area contributed by atoms with Crippen LogP contribution in [0.4, 0.5) is 19.0 Å². The first kappa shape index (κ1) is 15.0. The van der Waals surface area contributed by atoms with E-state index in [1.54, 1.807) is 0 Å². The zero-order valence-electron chi connectivity index (χ0n) is 10.7. The fourth-order valence-electron chi connectivity index (χ4n) is 1.86. The van der Waals surface area contributed by atoms with E-state index in [1.165, 1.54) is 6.07 Å². The molecule has 2 rings (SSSR count). The molecule has 0 fully saturated rings. The fourth-order valence-corrected chi connectivity index (χ4v) is 2.63. The average molecular weight is 319 g/mol. The van der Waals surface area contributed by atoms with Gasteiger partial charge in [0.15, 0.2) is 20.5 Å². The Balaban J connectivity index is 3.08. The molecule has 0 radical (unpaired) electrons. The number of fused-ring (bicyclic) bond motifs is 1. The van der Waals surface area contributed by atoms with Crippen LogP contribution in [0, 0.1) is 18.3 Å². The van der Waals surface area contributed by atoms with E-state index < -0.39 is 49.3 Å². The van der Waals surface area contributed by atoms with Gasteiger partial charge < -0.3 is 5.73 Å². The second-order valence-corrected chi connectivity index (χ2v) is 6.19. The summed E-state index contributed by atoms with van der Waals surface area (Å²) in [6, 6.07) is 1.52. The average Bonchev–Trinajstić information content (AvgIpc) is 2.64. The minimum absolute atomic E-state index is 0.420. The number of nitrogen functional groups attached to an aromatic ring is 1.